The predicted molar refractivity (Wildman–Crippen MR) is 141 cm³/mol. The number of benzene rings is 3. The zero-order valence-corrected chi connectivity index (χ0v) is 24.0. The Kier molecular flexibility index (Phi) is 12.7. The minimum absolute atomic E-state index is 0. The molecule has 11 heteroatoms. The highest BCUT2D eigenvalue weighted by molar-refractivity contribution is 6.35. The summed E-state index contributed by atoms with van der Waals surface area (Å²) in [6.45, 7) is 1.86. The molecule has 0 aliphatic carbocycles. The first-order chi connectivity index (χ1) is 16.9. The van der Waals surface area contributed by atoms with Gasteiger partial charge in [-0.1, -0.05) is 58.5 Å². The zero-order chi connectivity index (χ0) is 24.8. The van der Waals surface area contributed by atoms with Gasteiger partial charge in [-0.3, -0.25) is 0 Å². The van der Waals surface area contributed by atoms with E-state index in [0.29, 0.717) is 45.5 Å². The fourth-order valence-corrected chi connectivity index (χ4v) is 4.50. The molecule has 0 bridgehead atoms. The van der Waals surface area contributed by atoms with Crippen molar-refractivity contribution >= 4 is 46.4 Å². The number of hydrogen-bond acceptors (Lipinski definition) is 2. The summed E-state index contributed by atoms with van der Waals surface area (Å²) in [4.78, 5) is 0. The Morgan fingerprint density at radius 3 is 2.24 bits per heavy atom. The Labute approximate surface area is 245 Å². The third-order valence-electron chi connectivity index (χ3n) is 5.32. The van der Waals surface area contributed by atoms with Gasteiger partial charge in [-0.05, 0) is 54.1 Å². The molecule has 3 aromatic carbocycles. The van der Waals surface area contributed by atoms with Crippen LogP contribution in [0.25, 0.3) is 0 Å². The lowest BCUT2D eigenvalue weighted by Crippen LogP contribution is -3.00. The van der Waals surface area contributed by atoms with Crippen molar-refractivity contribution in [2.24, 2.45) is 0 Å². The average Bonchev–Trinajstić information content (AvgIpc) is 3.26. The van der Waals surface area contributed by atoms with E-state index >= 15 is 0 Å². The third-order valence-corrected chi connectivity index (χ3v) is 6.47. The third kappa shape index (κ3) is 9.14. The van der Waals surface area contributed by atoms with E-state index in [1.54, 1.807) is 36.4 Å². The molecule has 0 spiro atoms. The molecule has 4 rings (SSSR count). The average molecular weight is 653 g/mol. The van der Waals surface area contributed by atoms with Crippen LogP contribution in [-0.2, 0) is 24.4 Å². The van der Waals surface area contributed by atoms with Crippen LogP contribution in [0, 0.1) is 5.82 Å². The van der Waals surface area contributed by atoms with Gasteiger partial charge in [0.15, 0.2) is 0 Å². The van der Waals surface area contributed by atoms with Crippen LogP contribution >= 0.6 is 46.4 Å². The van der Waals surface area contributed by atoms with Gasteiger partial charge < -0.3 is 31.9 Å². The van der Waals surface area contributed by atoms with Crippen molar-refractivity contribution in [3.63, 3.8) is 0 Å². The molecule has 198 valence electrons. The summed E-state index contributed by atoms with van der Waals surface area (Å²) in [6, 6.07) is 16.6. The van der Waals surface area contributed by atoms with Crippen LogP contribution < -0.4 is 26.3 Å². The molecular formula is C26H24BrCl4FN2O3. The summed E-state index contributed by atoms with van der Waals surface area (Å²) in [7, 11) is 0. The molecule has 1 aromatic heterocycles. The fourth-order valence-electron chi connectivity index (χ4n) is 3.50. The molecule has 5 nitrogen and oxygen atoms in total. The number of ether oxygens (including phenoxy) is 2. The van der Waals surface area contributed by atoms with Gasteiger partial charge in [0.05, 0.1) is 6.61 Å². The molecule has 0 radical (unpaired) electrons. The van der Waals surface area contributed by atoms with Crippen molar-refractivity contribution in [2.45, 2.75) is 25.8 Å². The second-order valence-corrected chi connectivity index (χ2v) is 9.54. The Hall–Kier alpha value is -1.84. The molecule has 0 aliphatic heterocycles. The monoisotopic (exact) mass is 650 g/mol. The van der Waals surface area contributed by atoms with Crippen molar-refractivity contribution in [3.05, 3.63) is 116 Å². The van der Waals surface area contributed by atoms with Gasteiger partial charge in [-0.25, -0.2) is 13.5 Å². The van der Waals surface area contributed by atoms with Crippen molar-refractivity contribution in [1.29, 1.82) is 0 Å². The highest BCUT2D eigenvalue weighted by Crippen LogP contribution is 2.30. The smallest absolute Gasteiger partial charge is 0.243 e. The summed E-state index contributed by atoms with van der Waals surface area (Å²) >= 11 is 24.9. The van der Waals surface area contributed by atoms with E-state index in [-0.39, 0.29) is 41.0 Å². The van der Waals surface area contributed by atoms with Gasteiger partial charge in [-0.15, -0.1) is 0 Å². The lowest BCUT2D eigenvalue weighted by Gasteiger charge is -2.19. The largest absolute Gasteiger partial charge is 1.00 e. The van der Waals surface area contributed by atoms with Crippen LogP contribution in [0.1, 0.15) is 17.2 Å². The summed E-state index contributed by atoms with van der Waals surface area (Å²) in [5.74, 6) is 0.331. The molecule has 4 aromatic rings. The molecule has 0 saturated heterocycles. The van der Waals surface area contributed by atoms with E-state index in [2.05, 4.69) is 0 Å². The number of rotatable bonds is 10. The molecule has 37 heavy (non-hydrogen) atoms. The van der Waals surface area contributed by atoms with Crippen LogP contribution in [0.3, 0.4) is 0 Å². The molecule has 0 amide bonds. The van der Waals surface area contributed by atoms with E-state index in [1.165, 1.54) is 12.1 Å². The number of nitrogens with zero attached hydrogens (tertiary/aromatic N) is 2. The van der Waals surface area contributed by atoms with E-state index in [1.807, 2.05) is 40.0 Å². The Balaban J connectivity index is 0.00000241. The van der Waals surface area contributed by atoms with Crippen molar-refractivity contribution in [1.82, 2.24) is 4.57 Å². The Bertz CT molecular complexity index is 1290. The molecule has 1 atom stereocenters. The van der Waals surface area contributed by atoms with Gasteiger partial charge in [-0.2, -0.15) is 0 Å². The van der Waals surface area contributed by atoms with Crippen molar-refractivity contribution < 1.29 is 40.9 Å². The summed E-state index contributed by atoms with van der Waals surface area (Å²) in [5, 5.41) is 2.19. The molecule has 1 heterocycles. The van der Waals surface area contributed by atoms with Crippen LogP contribution in [0.4, 0.5) is 4.39 Å². The van der Waals surface area contributed by atoms with Gasteiger partial charge in [0.1, 0.15) is 49.8 Å². The number of imidazole rings is 1. The maximum absolute atomic E-state index is 13.0. The van der Waals surface area contributed by atoms with Crippen LogP contribution in [0.2, 0.25) is 20.1 Å². The number of hydrogen-bond donors (Lipinski definition) is 0. The quantitative estimate of drug-likeness (QED) is 0.245. The lowest BCUT2D eigenvalue weighted by atomic mass is 10.1. The van der Waals surface area contributed by atoms with Crippen LogP contribution in [-0.4, -0.2) is 16.7 Å². The topological polar surface area (TPSA) is 58.8 Å². The van der Waals surface area contributed by atoms with Crippen molar-refractivity contribution in [2.75, 3.05) is 6.61 Å². The molecule has 0 fully saturated rings. The number of halogens is 6. The van der Waals surface area contributed by atoms with Crippen LogP contribution in [0.5, 0.6) is 5.75 Å². The van der Waals surface area contributed by atoms with Gasteiger partial charge in [0, 0.05) is 25.7 Å². The van der Waals surface area contributed by atoms with Crippen molar-refractivity contribution in [3.8, 4) is 5.75 Å². The second-order valence-electron chi connectivity index (χ2n) is 7.85. The van der Waals surface area contributed by atoms with Crippen LogP contribution in [0.15, 0.2) is 79.4 Å². The normalized spacial score (nSPS) is 11.4. The maximum atomic E-state index is 13.0. The lowest BCUT2D eigenvalue weighted by molar-refractivity contribution is -0.704. The highest BCUT2D eigenvalue weighted by atomic mass is 79.9. The van der Waals surface area contributed by atoms with E-state index < -0.39 is 0 Å². The highest BCUT2D eigenvalue weighted by Gasteiger charge is 2.20. The molecule has 0 saturated carbocycles. The number of aromatic nitrogens is 2. The van der Waals surface area contributed by atoms with Gasteiger partial charge >= 0.3 is 0 Å². The molecule has 2 N–H and O–H groups in total. The first-order valence-corrected chi connectivity index (χ1v) is 12.3. The predicted octanol–water partition coefficient (Wildman–Crippen LogP) is 3.74. The van der Waals surface area contributed by atoms with E-state index in [9.17, 15) is 4.39 Å². The van der Waals surface area contributed by atoms with E-state index in [4.69, 9.17) is 55.9 Å². The second kappa shape index (κ2) is 14.9. The fraction of sp³-hybridized carbons (Fsp3) is 0.192. The van der Waals surface area contributed by atoms with Gasteiger partial charge in [0.25, 0.3) is 0 Å². The minimum Gasteiger partial charge on any atom is -1.00 e. The molecular weight excluding hydrogens is 629 g/mol. The van der Waals surface area contributed by atoms with E-state index in [0.717, 1.165) is 11.1 Å². The maximum Gasteiger partial charge on any atom is 0.243 e. The first-order valence-electron chi connectivity index (χ1n) is 10.8. The summed E-state index contributed by atoms with van der Waals surface area (Å²) in [6.07, 6.45) is 5.50. The first kappa shape index (κ1) is 31.4. The molecule has 1 unspecified atom stereocenters. The zero-order valence-electron chi connectivity index (χ0n) is 19.4. The summed E-state index contributed by atoms with van der Waals surface area (Å²) < 4.78 is 29.0. The molecule has 0 aliphatic rings. The minimum atomic E-state index is -0.358. The van der Waals surface area contributed by atoms with Gasteiger partial charge in [0.2, 0.25) is 6.33 Å². The summed E-state index contributed by atoms with van der Waals surface area (Å²) in [5.41, 5.74) is 1.65. The Morgan fingerprint density at radius 2 is 1.57 bits per heavy atom. The SMILES string of the molecule is Fc1ccc(OCCn2cc[n+](CC(OCc3ccc(Cl)cc3Cl)c3ccc(Cl)cc3Cl)c2)cc1.O.[Br-]. The Morgan fingerprint density at radius 1 is 0.892 bits per heavy atom. The standard InChI is InChI=1S/C26H22Cl4FN2O2.BrH.H2O/c27-19-2-1-18(24(29)13-19)16-35-26(23-8-3-20(28)14-25(23)30)15-33-10-9-32(17-33)11-12-34-22-6-4-21(31)5-7-22;;/h1-10,13-14,17,26H,11-12,15-16H2;1H;1H2/q+1;;/p-1.